The minimum Gasteiger partial charge on any atom is -0.351 e. The molecule has 0 aliphatic carbocycles. The molecule has 6 heteroatoms. The predicted molar refractivity (Wildman–Crippen MR) is 97.5 cm³/mol. The van der Waals surface area contributed by atoms with Crippen LogP contribution in [0.1, 0.15) is 36.7 Å². The summed E-state index contributed by atoms with van der Waals surface area (Å²) in [5.41, 5.74) is 0.126. The molecule has 1 heterocycles. The normalized spacial score (nSPS) is 10.5. The first-order chi connectivity index (χ1) is 11.7. The van der Waals surface area contributed by atoms with Gasteiger partial charge in [-0.15, -0.1) is 11.8 Å². The zero-order chi connectivity index (χ0) is 17.2. The average Bonchev–Trinajstić information content (AvgIpc) is 2.61. The van der Waals surface area contributed by atoms with Gasteiger partial charge in [0, 0.05) is 24.1 Å². The molecule has 128 valence electrons. The first-order valence-corrected chi connectivity index (χ1v) is 9.23. The van der Waals surface area contributed by atoms with E-state index in [1.807, 2.05) is 18.2 Å². The fraction of sp³-hybridized carbons (Fsp3) is 0.389. The molecule has 2 rings (SSSR count). The van der Waals surface area contributed by atoms with Crippen molar-refractivity contribution in [1.29, 1.82) is 0 Å². The molecule has 24 heavy (non-hydrogen) atoms. The highest BCUT2D eigenvalue weighted by Crippen LogP contribution is 2.17. The maximum absolute atomic E-state index is 12.1. The molecule has 0 bridgehead atoms. The van der Waals surface area contributed by atoms with E-state index in [0.29, 0.717) is 18.8 Å². The van der Waals surface area contributed by atoms with Crippen LogP contribution in [0.2, 0.25) is 0 Å². The molecule has 2 aromatic rings. The Kier molecular flexibility index (Phi) is 7.55. The first kappa shape index (κ1) is 18.3. The highest BCUT2D eigenvalue weighted by Gasteiger charge is 2.08. The van der Waals surface area contributed by atoms with Crippen LogP contribution in [0.25, 0.3) is 0 Å². The molecule has 0 aliphatic heterocycles. The number of hydrogen-bond acceptors (Lipinski definition) is 4. The molecule has 1 amide bonds. The predicted octanol–water partition coefficient (Wildman–Crippen LogP) is 2.96. The van der Waals surface area contributed by atoms with Crippen LogP contribution in [0.3, 0.4) is 0 Å². The third kappa shape index (κ3) is 5.85. The minimum absolute atomic E-state index is 0.167. The van der Waals surface area contributed by atoms with Crippen molar-refractivity contribution in [1.82, 2.24) is 15.1 Å². The molecule has 0 saturated heterocycles. The second kappa shape index (κ2) is 9.93. The highest BCUT2D eigenvalue weighted by molar-refractivity contribution is 7.99. The Morgan fingerprint density at radius 3 is 2.71 bits per heavy atom. The summed E-state index contributed by atoms with van der Waals surface area (Å²) >= 11 is 1.77. The summed E-state index contributed by atoms with van der Waals surface area (Å²) < 4.78 is 1.36. The van der Waals surface area contributed by atoms with E-state index < -0.39 is 0 Å². The van der Waals surface area contributed by atoms with E-state index in [2.05, 4.69) is 29.5 Å². The van der Waals surface area contributed by atoms with Gasteiger partial charge in [-0.05, 0) is 36.8 Å². The molecular weight excluding hydrogens is 322 g/mol. The van der Waals surface area contributed by atoms with Gasteiger partial charge in [0.05, 0.1) is 0 Å². The van der Waals surface area contributed by atoms with Gasteiger partial charge in [-0.1, -0.05) is 31.5 Å². The number of carbonyl (C=O) groups excluding carboxylic acids is 1. The average molecular weight is 345 g/mol. The monoisotopic (exact) mass is 345 g/mol. The molecule has 0 radical (unpaired) electrons. The fourth-order valence-corrected chi connectivity index (χ4v) is 2.98. The van der Waals surface area contributed by atoms with E-state index in [4.69, 9.17) is 0 Å². The van der Waals surface area contributed by atoms with Gasteiger partial charge < -0.3 is 5.32 Å². The molecule has 5 nitrogen and oxygen atoms in total. The van der Waals surface area contributed by atoms with Crippen molar-refractivity contribution in [2.45, 2.75) is 37.6 Å². The standard InChI is InChI=1S/C18H23N3O2S/c1-2-3-13-21-17(22)11-10-16(20-21)18(23)19-12-7-14-24-15-8-5-4-6-9-15/h4-6,8-11H,2-3,7,12-14H2,1H3,(H,19,23). The van der Waals surface area contributed by atoms with Gasteiger partial charge in [-0.25, -0.2) is 4.68 Å². The Morgan fingerprint density at radius 1 is 1.17 bits per heavy atom. The number of unbranched alkanes of at least 4 members (excludes halogenated alkanes) is 1. The lowest BCUT2D eigenvalue weighted by Crippen LogP contribution is -2.30. The van der Waals surface area contributed by atoms with Gasteiger partial charge in [0.15, 0.2) is 0 Å². The molecule has 0 aliphatic rings. The van der Waals surface area contributed by atoms with Crippen molar-refractivity contribution in [3.05, 3.63) is 58.5 Å². The zero-order valence-electron chi connectivity index (χ0n) is 13.9. The van der Waals surface area contributed by atoms with Crippen LogP contribution < -0.4 is 10.9 Å². The molecule has 0 spiro atoms. The second-order valence-corrected chi connectivity index (χ2v) is 6.57. The van der Waals surface area contributed by atoms with Crippen LogP contribution in [0.5, 0.6) is 0 Å². The SMILES string of the molecule is CCCCn1nc(C(=O)NCCCSc2ccccc2)ccc1=O. The van der Waals surface area contributed by atoms with Gasteiger partial charge in [0.25, 0.3) is 11.5 Å². The van der Waals surface area contributed by atoms with Crippen LogP contribution in [0.15, 0.2) is 52.2 Å². The van der Waals surface area contributed by atoms with E-state index in [9.17, 15) is 9.59 Å². The molecular formula is C18H23N3O2S. The number of aromatic nitrogens is 2. The number of benzene rings is 1. The van der Waals surface area contributed by atoms with Gasteiger partial charge >= 0.3 is 0 Å². The maximum atomic E-state index is 12.1. The Balaban J connectivity index is 1.77. The number of thioether (sulfide) groups is 1. The summed E-state index contributed by atoms with van der Waals surface area (Å²) in [4.78, 5) is 25.0. The molecule has 1 aromatic carbocycles. The van der Waals surface area contributed by atoms with Crippen LogP contribution in [-0.2, 0) is 6.54 Å². The molecule has 0 fully saturated rings. The summed E-state index contributed by atoms with van der Waals surface area (Å²) in [6.45, 7) is 3.19. The minimum atomic E-state index is -0.232. The van der Waals surface area contributed by atoms with Crippen LogP contribution in [-0.4, -0.2) is 28.0 Å². The smallest absolute Gasteiger partial charge is 0.271 e. The molecule has 1 aromatic heterocycles. The number of aryl methyl sites for hydroxylation is 1. The fourth-order valence-electron chi connectivity index (χ4n) is 2.11. The van der Waals surface area contributed by atoms with Crippen molar-refractivity contribution < 1.29 is 4.79 Å². The van der Waals surface area contributed by atoms with E-state index >= 15 is 0 Å². The van der Waals surface area contributed by atoms with Crippen molar-refractivity contribution in [3.63, 3.8) is 0 Å². The van der Waals surface area contributed by atoms with Crippen LogP contribution in [0, 0.1) is 0 Å². The first-order valence-electron chi connectivity index (χ1n) is 8.25. The third-order valence-corrected chi connectivity index (χ3v) is 4.54. The van der Waals surface area contributed by atoms with Crippen molar-refractivity contribution >= 4 is 17.7 Å². The number of nitrogens with one attached hydrogen (secondary N) is 1. The molecule has 0 unspecified atom stereocenters. The lowest BCUT2D eigenvalue weighted by molar-refractivity contribution is 0.0946. The van der Waals surface area contributed by atoms with Crippen LogP contribution in [0.4, 0.5) is 0 Å². The summed E-state index contributed by atoms with van der Waals surface area (Å²) in [5.74, 6) is 0.707. The number of nitrogens with zero attached hydrogens (tertiary/aromatic N) is 2. The number of rotatable bonds is 9. The topological polar surface area (TPSA) is 64.0 Å². The van der Waals surface area contributed by atoms with Crippen LogP contribution >= 0.6 is 11.8 Å². The lowest BCUT2D eigenvalue weighted by Gasteiger charge is -2.07. The summed E-state index contributed by atoms with van der Waals surface area (Å²) in [6.07, 6.45) is 2.72. The lowest BCUT2D eigenvalue weighted by atomic mass is 10.3. The van der Waals surface area contributed by atoms with Gasteiger partial charge in [0.1, 0.15) is 5.69 Å². The molecule has 0 atom stereocenters. The Bertz CT molecular complexity index is 701. The Morgan fingerprint density at radius 2 is 1.96 bits per heavy atom. The van der Waals surface area contributed by atoms with E-state index in [0.717, 1.165) is 25.0 Å². The number of amides is 1. The molecule has 0 saturated carbocycles. The Hall–Kier alpha value is -2.08. The maximum Gasteiger partial charge on any atom is 0.271 e. The number of carbonyl (C=O) groups is 1. The van der Waals surface area contributed by atoms with Crippen molar-refractivity contribution in [2.75, 3.05) is 12.3 Å². The third-order valence-electron chi connectivity index (χ3n) is 3.44. The summed E-state index contributed by atoms with van der Waals surface area (Å²) in [5, 5.41) is 7.00. The quantitative estimate of drug-likeness (QED) is 0.561. The van der Waals surface area contributed by atoms with Gasteiger partial charge in [-0.2, -0.15) is 5.10 Å². The number of hydrogen-bond donors (Lipinski definition) is 1. The summed E-state index contributed by atoms with van der Waals surface area (Å²) in [6, 6.07) is 13.1. The van der Waals surface area contributed by atoms with E-state index in [1.54, 1.807) is 11.8 Å². The molecule has 1 N–H and O–H groups in total. The summed E-state index contributed by atoms with van der Waals surface area (Å²) in [7, 11) is 0. The highest BCUT2D eigenvalue weighted by atomic mass is 32.2. The van der Waals surface area contributed by atoms with E-state index in [1.165, 1.54) is 21.7 Å². The van der Waals surface area contributed by atoms with E-state index in [-0.39, 0.29) is 11.5 Å². The zero-order valence-corrected chi connectivity index (χ0v) is 14.7. The largest absolute Gasteiger partial charge is 0.351 e. The van der Waals surface area contributed by atoms with Crippen molar-refractivity contribution in [3.8, 4) is 0 Å². The van der Waals surface area contributed by atoms with Crippen molar-refractivity contribution in [2.24, 2.45) is 0 Å². The van der Waals surface area contributed by atoms with Gasteiger partial charge in [-0.3, -0.25) is 9.59 Å². The van der Waals surface area contributed by atoms with Gasteiger partial charge in [0.2, 0.25) is 0 Å². The Labute approximate surface area is 146 Å². The second-order valence-electron chi connectivity index (χ2n) is 5.40.